The van der Waals surface area contributed by atoms with Gasteiger partial charge < -0.3 is 5.73 Å². The van der Waals surface area contributed by atoms with Crippen molar-refractivity contribution >= 4 is 5.91 Å². The van der Waals surface area contributed by atoms with Gasteiger partial charge in [0.25, 0.3) is 0 Å². The summed E-state index contributed by atoms with van der Waals surface area (Å²) >= 11 is 0. The molecule has 92 valence electrons. The number of fused-ring (bicyclic) bond motifs is 1. The van der Waals surface area contributed by atoms with Gasteiger partial charge >= 0.3 is 0 Å². The number of aromatic nitrogens is 1. The van der Waals surface area contributed by atoms with E-state index in [-0.39, 0.29) is 5.91 Å². The molecule has 1 aliphatic rings. The number of rotatable bonds is 2. The maximum absolute atomic E-state index is 11.1. The molecule has 0 spiro atoms. The lowest BCUT2D eigenvalue weighted by atomic mass is 9.87. The van der Waals surface area contributed by atoms with Gasteiger partial charge in [-0.3, -0.25) is 9.78 Å². The average molecular weight is 232 g/mol. The molecule has 2 unspecified atom stereocenters. The highest BCUT2D eigenvalue weighted by Gasteiger charge is 2.22. The maximum atomic E-state index is 11.1. The van der Waals surface area contributed by atoms with Crippen molar-refractivity contribution in [3.05, 3.63) is 29.1 Å². The fourth-order valence-corrected chi connectivity index (χ4v) is 2.78. The van der Waals surface area contributed by atoms with Crippen LogP contribution in [0, 0.1) is 11.8 Å². The Kier molecular flexibility index (Phi) is 3.46. The predicted octanol–water partition coefficient (Wildman–Crippen LogP) is 2.33. The van der Waals surface area contributed by atoms with Crippen molar-refractivity contribution in [2.24, 2.45) is 17.6 Å². The SMILES string of the molecule is CCC1CCc2cc(C(N)=O)cnc2CC1C. The summed E-state index contributed by atoms with van der Waals surface area (Å²) < 4.78 is 0. The first kappa shape index (κ1) is 12.1. The summed E-state index contributed by atoms with van der Waals surface area (Å²) in [6, 6.07) is 1.93. The van der Waals surface area contributed by atoms with Gasteiger partial charge in [-0.05, 0) is 42.7 Å². The van der Waals surface area contributed by atoms with E-state index in [0.717, 1.165) is 24.5 Å². The molecule has 0 bridgehead atoms. The number of nitrogens with zero attached hydrogens (tertiary/aromatic N) is 1. The lowest BCUT2D eigenvalue weighted by Gasteiger charge is -2.18. The second-order valence-electron chi connectivity index (χ2n) is 5.08. The summed E-state index contributed by atoms with van der Waals surface area (Å²) in [4.78, 5) is 15.6. The zero-order valence-corrected chi connectivity index (χ0v) is 10.6. The van der Waals surface area contributed by atoms with Crippen LogP contribution < -0.4 is 5.73 Å². The minimum atomic E-state index is -0.385. The Morgan fingerprint density at radius 1 is 1.59 bits per heavy atom. The van der Waals surface area contributed by atoms with Crippen LogP contribution in [-0.4, -0.2) is 10.9 Å². The zero-order valence-electron chi connectivity index (χ0n) is 10.6. The Bertz CT molecular complexity index is 428. The number of primary amides is 1. The monoisotopic (exact) mass is 232 g/mol. The number of hydrogen-bond donors (Lipinski definition) is 1. The van der Waals surface area contributed by atoms with Crippen LogP contribution in [0.1, 0.15) is 48.3 Å². The molecule has 2 atom stereocenters. The molecule has 3 heteroatoms. The molecule has 1 aromatic rings. The molecule has 3 nitrogen and oxygen atoms in total. The Labute approximate surface area is 102 Å². The third-order valence-electron chi connectivity index (χ3n) is 3.97. The molecule has 2 N–H and O–H groups in total. The second kappa shape index (κ2) is 4.86. The summed E-state index contributed by atoms with van der Waals surface area (Å²) in [6.07, 6.45) is 6.06. The molecule has 0 fully saturated rings. The number of pyridine rings is 1. The molecule has 0 aromatic carbocycles. The van der Waals surface area contributed by atoms with E-state index in [2.05, 4.69) is 18.8 Å². The molecule has 0 saturated heterocycles. The summed E-state index contributed by atoms with van der Waals surface area (Å²) in [6.45, 7) is 4.55. The standard InChI is InChI=1S/C14H20N2O/c1-3-10-4-5-11-7-12(14(15)17)8-16-13(11)6-9(10)2/h7-10H,3-6H2,1-2H3,(H2,15,17). The Balaban J connectivity index is 2.30. The van der Waals surface area contributed by atoms with E-state index in [4.69, 9.17) is 5.73 Å². The Morgan fingerprint density at radius 2 is 2.35 bits per heavy atom. The van der Waals surface area contributed by atoms with Crippen LogP contribution in [0.5, 0.6) is 0 Å². The van der Waals surface area contributed by atoms with Crippen molar-refractivity contribution in [2.45, 2.75) is 39.5 Å². The molecule has 0 radical (unpaired) electrons. The van der Waals surface area contributed by atoms with Crippen LogP contribution >= 0.6 is 0 Å². The van der Waals surface area contributed by atoms with Crippen LogP contribution in [0.4, 0.5) is 0 Å². The molecule has 2 rings (SSSR count). The van der Waals surface area contributed by atoms with Crippen LogP contribution in [0.2, 0.25) is 0 Å². The number of nitrogens with two attached hydrogens (primary N) is 1. The normalized spacial score (nSPS) is 23.9. The highest BCUT2D eigenvalue weighted by atomic mass is 16.1. The average Bonchev–Trinajstić information content (AvgIpc) is 2.46. The van der Waals surface area contributed by atoms with Crippen molar-refractivity contribution < 1.29 is 4.79 Å². The Hall–Kier alpha value is -1.38. The van der Waals surface area contributed by atoms with Gasteiger partial charge in [-0.1, -0.05) is 20.3 Å². The molecule has 1 aromatic heterocycles. The smallest absolute Gasteiger partial charge is 0.250 e. The van der Waals surface area contributed by atoms with E-state index in [9.17, 15) is 4.79 Å². The van der Waals surface area contributed by atoms with Crippen molar-refractivity contribution in [1.29, 1.82) is 0 Å². The summed E-state index contributed by atoms with van der Waals surface area (Å²) in [5.41, 5.74) is 8.18. The first-order valence-electron chi connectivity index (χ1n) is 6.39. The van der Waals surface area contributed by atoms with Gasteiger partial charge in [-0.2, -0.15) is 0 Å². The fraction of sp³-hybridized carbons (Fsp3) is 0.571. The van der Waals surface area contributed by atoms with Gasteiger partial charge in [0.1, 0.15) is 0 Å². The summed E-state index contributed by atoms with van der Waals surface area (Å²) in [5.74, 6) is 1.05. The zero-order chi connectivity index (χ0) is 12.4. The van der Waals surface area contributed by atoms with E-state index >= 15 is 0 Å². The third kappa shape index (κ3) is 2.48. The van der Waals surface area contributed by atoms with Gasteiger partial charge in [0, 0.05) is 11.9 Å². The number of aryl methyl sites for hydroxylation is 1. The van der Waals surface area contributed by atoms with Gasteiger partial charge in [0.05, 0.1) is 5.56 Å². The van der Waals surface area contributed by atoms with E-state index < -0.39 is 0 Å². The molecular weight excluding hydrogens is 212 g/mol. The highest BCUT2D eigenvalue weighted by Crippen LogP contribution is 2.30. The third-order valence-corrected chi connectivity index (χ3v) is 3.97. The first-order chi connectivity index (χ1) is 8.11. The lowest BCUT2D eigenvalue weighted by Crippen LogP contribution is -2.13. The largest absolute Gasteiger partial charge is 0.366 e. The predicted molar refractivity (Wildman–Crippen MR) is 67.7 cm³/mol. The van der Waals surface area contributed by atoms with Crippen LogP contribution in [-0.2, 0) is 12.8 Å². The van der Waals surface area contributed by atoms with E-state index in [1.807, 2.05) is 6.07 Å². The van der Waals surface area contributed by atoms with Crippen molar-refractivity contribution in [3.63, 3.8) is 0 Å². The second-order valence-corrected chi connectivity index (χ2v) is 5.08. The quantitative estimate of drug-likeness (QED) is 0.796. The minimum Gasteiger partial charge on any atom is -0.366 e. The van der Waals surface area contributed by atoms with Gasteiger partial charge in [-0.15, -0.1) is 0 Å². The van der Waals surface area contributed by atoms with Crippen molar-refractivity contribution in [3.8, 4) is 0 Å². The van der Waals surface area contributed by atoms with E-state index in [0.29, 0.717) is 11.5 Å². The molecule has 1 heterocycles. The minimum absolute atomic E-state index is 0.385. The van der Waals surface area contributed by atoms with Crippen LogP contribution in [0.3, 0.4) is 0 Å². The van der Waals surface area contributed by atoms with Gasteiger partial charge in [0.15, 0.2) is 0 Å². The highest BCUT2D eigenvalue weighted by molar-refractivity contribution is 5.92. The van der Waals surface area contributed by atoms with Crippen molar-refractivity contribution in [1.82, 2.24) is 4.98 Å². The lowest BCUT2D eigenvalue weighted by molar-refractivity contribution is 0.1000. The molecule has 1 amide bonds. The molecule has 0 aliphatic heterocycles. The molecule has 17 heavy (non-hydrogen) atoms. The van der Waals surface area contributed by atoms with Crippen LogP contribution in [0.25, 0.3) is 0 Å². The van der Waals surface area contributed by atoms with Crippen molar-refractivity contribution in [2.75, 3.05) is 0 Å². The first-order valence-corrected chi connectivity index (χ1v) is 6.39. The Morgan fingerprint density at radius 3 is 3.00 bits per heavy atom. The van der Waals surface area contributed by atoms with Gasteiger partial charge in [-0.25, -0.2) is 0 Å². The fourth-order valence-electron chi connectivity index (χ4n) is 2.78. The maximum Gasteiger partial charge on any atom is 0.250 e. The molecule has 0 saturated carbocycles. The number of carbonyl (C=O) groups excluding carboxylic acids is 1. The topological polar surface area (TPSA) is 56.0 Å². The summed E-state index contributed by atoms with van der Waals surface area (Å²) in [7, 11) is 0. The number of hydrogen-bond acceptors (Lipinski definition) is 2. The number of carbonyl (C=O) groups is 1. The van der Waals surface area contributed by atoms with E-state index in [1.165, 1.54) is 18.4 Å². The molecule has 1 aliphatic carbocycles. The summed E-state index contributed by atoms with van der Waals surface area (Å²) in [5, 5.41) is 0. The van der Waals surface area contributed by atoms with Crippen LogP contribution in [0.15, 0.2) is 12.3 Å². The molecular formula is C14H20N2O. The van der Waals surface area contributed by atoms with E-state index in [1.54, 1.807) is 6.20 Å². The van der Waals surface area contributed by atoms with Gasteiger partial charge in [0.2, 0.25) is 5.91 Å². The number of amides is 1.